The number of sulfonamides is 1. The number of pyridine rings is 2. The summed E-state index contributed by atoms with van der Waals surface area (Å²) in [7, 11) is -2.55. The third-order valence-electron chi connectivity index (χ3n) is 3.46. The molecule has 8 nitrogen and oxygen atoms in total. The average Bonchev–Trinajstić information content (AvgIpc) is 2.55. The smallest absolute Gasteiger partial charge is 0.267 e. The highest BCUT2D eigenvalue weighted by atomic mass is 32.2. The van der Waals surface area contributed by atoms with Crippen LogP contribution in [0.3, 0.4) is 0 Å². The van der Waals surface area contributed by atoms with Crippen LogP contribution in [-0.4, -0.2) is 37.4 Å². The van der Waals surface area contributed by atoms with Gasteiger partial charge in [0.25, 0.3) is 10.0 Å². The van der Waals surface area contributed by atoms with Crippen LogP contribution >= 0.6 is 0 Å². The van der Waals surface area contributed by atoms with Gasteiger partial charge in [-0.2, -0.15) is 0 Å². The number of amides is 1. The molecular weight excluding hydrogens is 320 g/mol. The summed E-state index contributed by atoms with van der Waals surface area (Å²) in [6.07, 6.45) is 2.66. The molecule has 0 spiro atoms. The highest BCUT2D eigenvalue weighted by Crippen LogP contribution is 2.34. The molecule has 0 unspecified atom stereocenters. The molecule has 1 aliphatic rings. The van der Waals surface area contributed by atoms with E-state index in [-0.39, 0.29) is 10.7 Å². The van der Waals surface area contributed by atoms with Gasteiger partial charge in [0, 0.05) is 12.3 Å². The van der Waals surface area contributed by atoms with E-state index < -0.39 is 22.0 Å². The molecule has 0 saturated heterocycles. The number of methoxy groups -OCH3 is 1. The molecule has 0 saturated carbocycles. The minimum absolute atomic E-state index is 0.0450. The molecule has 120 valence electrons. The first-order valence-corrected chi connectivity index (χ1v) is 8.19. The number of carbonyl (C=O) groups is 1. The number of fused-ring (bicyclic) bond motifs is 1. The Morgan fingerprint density at radius 2 is 2.04 bits per heavy atom. The van der Waals surface area contributed by atoms with Crippen LogP contribution < -0.4 is 14.4 Å². The minimum Gasteiger partial charge on any atom is -0.481 e. The van der Waals surface area contributed by atoms with E-state index in [0.717, 1.165) is 4.31 Å². The second-order valence-electron chi connectivity index (χ2n) is 4.88. The Morgan fingerprint density at radius 1 is 1.26 bits per heavy atom. The number of hydrogen-bond acceptors (Lipinski definition) is 6. The molecule has 1 aliphatic heterocycles. The second kappa shape index (κ2) is 5.51. The Labute approximate surface area is 133 Å². The van der Waals surface area contributed by atoms with Crippen LogP contribution in [-0.2, 0) is 14.8 Å². The standard InChI is InChI=1S/C14H14N4O4S/c1-9-14(19)17-11-4-3-7-15-13(11)18(9)23(20,21)10-5-6-12(22-2)16-8-10/h3-9H,1-2H3,(H,17,19)/t9-/m0/s1. The van der Waals surface area contributed by atoms with Crippen LogP contribution in [0.1, 0.15) is 6.92 Å². The fourth-order valence-corrected chi connectivity index (χ4v) is 3.81. The van der Waals surface area contributed by atoms with Crippen molar-refractivity contribution in [2.24, 2.45) is 0 Å². The summed E-state index contributed by atoms with van der Waals surface area (Å²) in [6.45, 7) is 1.50. The molecular formula is C14H14N4O4S. The molecule has 0 radical (unpaired) electrons. The van der Waals surface area contributed by atoms with Gasteiger partial charge in [0.2, 0.25) is 11.8 Å². The molecule has 2 aromatic rings. The third-order valence-corrected chi connectivity index (χ3v) is 5.30. The molecule has 0 aliphatic carbocycles. The van der Waals surface area contributed by atoms with Crippen molar-refractivity contribution < 1.29 is 17.9 Å². The predicted octanol–water partition coefficient (Wildman–Crippen LogP) is 1.02. The molecule has 3 heterocycles. The summed E-state index contributed by atoms with van der Waals surface area (Å²) < 4.78 is 31.8. The van der Waals surface area contributed by atoms with Gasteiger partial charge in [0.1, 0.15) is 10.9 Å². The maximum absolute atomic E-state index is 12.9. The van der Waals surface area contributed by atoms with E-state index in [0.29, 0.717) is 11.6 Å². The van der Waals surface area contributed by atoms with E-state index in [9.17, 15) is 13.2 Å². The number of carbonyl (C=O) groups excluding carboxylic acids is 1. The van der Waals surface area contributed by atoms with Gasteiger partial charge in [-0.3, -0.25) is 4.79 Å². The normalized spacial score (nSPS) is 17.4. The van der Waals surface area contributed by atoms with E-state index in [1.165, 1.54) is 38.6 Å². The molecule has 3 rings (SSSR count). The fraction of sp³-hybridized carbons (Fsp3) is 0.214. The van der Waals surface area contributed by atoms with Crippen molar-refractivity contribution in [3.8, 4) is 5.88 Å². The van der Waals surface area contributed by atoms with E-state index in [1.54, 1.807) is 12.1 Å². The van der Waals surface area contributed by atoms with E-state index in [4.69, 9.17) is 4.74 Å². The molecule has 0 bridgehead atoms. The molecule has 1 amide bonds. The van der Waals surface area contributed by atoms with Crippen molar-refractivity contribution >= 4 is 27.4 Å². The maximum Gasteiger partial charge on any atom is 0.267 e. The van der Waals surface area contributed by atoms with Crippen LogP contribution in [0.25, 0.3) is 0 Å². The van der Waals surface area contributed by atoms with Gasteiger partial charge in [-0.15, -0.1) is 0 Å². The number of aromatic nitrogens is 2. The second-order valence-corrected chi connectivity index (χ2v) is 6.69. The van der Waals surface area contributed by atoms with Crippen molar-refractivity contribution in [3.63, 3.8) is 0 Å². The Bertz CT molecular complexity index is 851. The van der Waals surface area contributed by atoms with E-state index >= 15 is 0 Å². The zero-order chi connectivity index (χ0) is 16.6. The van der Waals surface area contributed by atoms with Gasteiger partial charge >= 0.3 is 0 Å². The van der Waals surface area contributed by atoms with Crippen LogP contribution in [0.4, 0.5) is 11.5 Å². The molecule has 1 atom stereocenters. The Hall–Kier alpha value is -2.68. The zero-order valence-electron chi connectivity index (χ0n) is 12.4. The highest BCUT2D eigenvalue weighted by Gasteiger charge is 2.39. The zero-order valence-corrected chi connectivity index (χ0v) is 13.2. The summed E-state index contributed by atoms with van der Waals surface area (Å²) >= 11 is 0. The van der Waals surface area contributed by atoms with Gasteiger partial charge in [-0.05, 0) is 25.1 Å². The van der Waals surface area contributed by atoms with Crippen LogP contribution in [0.15, 0.2) is 41.6 Å². The van der Waals surface area contributed by atoms with E-state index in [2.05, 4.69) is 15.3 Å². The first-order valence-electron chi connectivity index (χ1n) is 6.75. The van der Waals surface area contributed by atoms with E-state index in [1.807, 2.05) is 0 Å². The van der Waals surface area contributed by atoms with Crippen molar-refractivity contribution in [3.05, 3.63) is 36.7 Å². The summed E-state index contributed by atoms with van der Waals surface area (Å²) in [6, 6.07) is 5.11. The lowest BCUT2D eigenvalue weighted by molar-refractivity contribution is -0.117. The Balaban J connectivity index is 2.12. The van der Waals surface area contributed by atoms with Crippen LogP contribution in [0.2, 0.25) is 0 Å². The van der Waals surface area contributed by atoms with Crippen molar-refractivity contribution in [2.45, 2.75) is 17.9 Å². The highest BCUT2D eigenvalue weighted by molar-refractivity contribution is 7.93. The number of nitrogens with one attached hydrogen (secondary N) is 1. The maximum atomic E-state index is 12.9. The van der Waals surface area contributed by atoms with Gasteiger partial charge in [0.05, 0.1) is 19.0 Å². The number of ether oxygens (including phenoxy) is 1. The summed E-state index contributed by atoms with van der Waals surface area (Å²) in [4.78, 5) is 20.0. The molecule has 1 N–H and O–H groups in total. The summed E-state index contributed by atoms with van der Waals surface area (Å²) in [5, 5.41) is 2.64. The first-order chi connectivity index (χ1) is 10.9. The largest absolute Gasteiger partial charge is 0.481 e. The van der Waals surface area contributed by atoms with Crippen molar-refractivity contribution in [1.82, 2.24) is 9.97 Å². The van der Waals surface area contributed by atoms with Crippen molar-refractivity contribution in [1.29, 1.82) is 0 Å². The molecule has 0 aromatic carbocycles. The van der Waals surface area contributed by atoms with Gasteiger partial charge < -0.3 is 10.1 Å². The number of hydrogen-bond donors (Lipinski definition) is 1. The number of nitrogens with zero attached hydrogens (tertiary/aromatic N) is 3. The summed E-state index contributed by atoms with van der Waals surface area (Å²) in [5.74, 6) is 0.0536. The lowest BCUT2D eigenvalue weighted by Gasteiger charge is -2.33. The van der Waals surface area contributed by atoms with Crippen molar-refractivity contribution in [2.75, 3.05) is 16.7 Å². The monoisotopic (exact) mass is 334 g/mol. The van der Waals surface area contributed by atoms with Crippen LogP contribution in [0.5, 0.6) is 5.88 Å². The minimum atomic E-state index is -3.99. The van der Waals surface area contributed by atoms with Gasteiger partial charge in [0.15, 0.2) is 5.82 Å². The predicted molar refractivity (Wildman–Crippen MR) is 82.8 cm³/mol. The lowest BCUT2D eigenvalue weighted by atomic mass is 10.2. The average molecular weight is 334 g/mol. The van der Waals surface area contributed by atoms with Gasteiger partial charge in [-0.1, -0.05) is 0 Å². The fourth-order valence-electron chi connectivity index (χ4n) is 2.27. The number of rotatable bonds is 3. The topological polar surface area (TPSA) is 101 Å². The molecule has 23 heavy (non-hydrogen) atoms. The Kier molecular flexibility index (Phi) is 3.64. The van der Waals surface area contributed by atoms with Gasteiger partial charge in [-0.25, -0.2) is 22.7 Å². The third kappa shape index (κ3) is 2.48. The molecule has 2 aromatic heterocycles. The summed E-state index contributed by atoms with van der Waals surface area (Å²) in [5.41, 5.74) is 0.348. The molecule has 0 fully saturated rings. The Morgan fingerprint density at radius 3 is 2.70 bits per heavy atom. The quantitative estimate of drug-likeness (QED) is 0.899. The SMILES string of the molecule is COc1ccc(S(=O)(=O)N2c3ncccc3NC(=O)[C@@H]2C)cn1. The first kappa shape index (κ1) is 15.2. The molecule has 9 heteroatoms. The lowest BCUT2D eigenvalue weighted by Crippen LogP contribution is -2.49. The van der Waals surface area contributed by atoms with Crippen LogP contribution in [0, 0.1) is 0 Å². The number of anilines is 2.